The Morgan fingerprint density at radius 3 is 1.73 bits per heavy atom. The van der Waals surface area contributed by atoms with Crippen molar-refractivity contribution in [1.82, 2.24) is 0 Å². The van der Waals surface area contributed by atoms with Crippen LogP contribution < -0.4 is 0 Å². The van der Waals surface area contributed by atoms with Gasteiger partial charge in [0, 0.05) is 5.41 Å². The van der Waals surface area contributed by atoms with Crippen LogP contribution in [0, 0.1) is 22.7 Å². The molecule has 15 heavy (non-hydrogen) atoms. The van der Waals surface area contributed by atoms with Crippen molar-refractivity contribution in [3.05, 3.63) is 0 Å². The molecule has 0 fully saturated rings. The molecule has 0 N–H and O–H groups in total. The fourth-order valence-electron chi connectivity index (χ4n) is 2.25. The van der Waals surface area contributed by atoms with Crippen LogP contribution in [0.2, 0.25) is 0 Å². The molecule has 0 aliphatic carbocycles. The first-order chi connectivity index (χ1) is 6.50. The normalized spacial score (nSPS) is 18.7. The number of rotatable bonds is 4. The van der Waals surface area contributed by atoms with Crippen molar-refractivity contribution in [3.8, 4) is 0 Å². The summed E-state index contributed by atoms with van der Waals surface area (Å²) in [6, 6.07) is 0. The van der Waals surface area contributed by atoms with Gasteiger partial charge >= 0.3 is 0 Å². The van der Waals surface area contributed by atoms with Crippen molar-refractivity contribution in [2.75, 3.05) is 0 Å². The third-order valence-electron chi connectivity index (χ3n) is 3.35. The molecule has 2 heteroatoms. The molecule has 0 aliphatic rings. The summed E-state index contributed by atoms with van der Waals surface area (Å²) in [5.74, 6) is 0.779. The highest BCUT2D eigenvalue weighted by Gasteiger charge is 2.41. The van der Waals surface area contributed by atoms with Crippen LogP contribution >= 0.6 is 11.6 Å². The first-order valence-electron chi connectivity index (χ1n) is 5.70. The lowest BCUT2D eigenvalue weighted by Crippen LogP contribution is -2.38. The SMILES string of the molecule is CC(C)C(C)C(C)(CC(C)(C)C)C(=O)Cl. The van der Waals surface area contributed by atoms with Crippen molar-refractivity contribution < 1.29 is 4.79 Å². The quantitative estimate of drug-likeness (QED) is 0.653. The van der Waals surface area contributed by atoms with Gasteiger partial charge < -0.3 is 0 Å². The van der Waals surface area contributed by atoms with Crippen LogP contribution in [0.25, 0.3) is 0 Å². The molecule has 1 nitrogen and oxygen atoms in total. The fourth-order valence-corrected chi connectivity index (χ4v) is 2.49. The summed E-state index contributed by atoms with van der Waals surface area (Å²) < 4.78 is 0. The number of hydrogen-bond donors (Lipinski definition) is 0. The smallest absolute Gasteiger partial charge is 0.227 e. The van der Waals surface area contributed by atoms with Gasteiger partial charge in [-0.15, -0.1) is 0 Å². The van der Waals surface area contributed by atoms with Crippen molar-refractivity contribution in [3.63, 3.8) is 0 Å². The van der Waals surface area contributed by atoms with Crippen LogP contribution in [-0.2, 0) is 4.79 Å². The Morgan fingerprint density at radius 1 is 1.13 bits per heavy atom. The van der Waals surface area contributed by atoms with Crippen molar-refractivity contribution >= 4 is 16.8 Å². The molecule has 0 spiro atoms. The molecule has 0 aromatic rings. The molecule has 0 radical (unpaired) electrons. The Bertz CT molecular complexity index is 227. The zero-order chi connectivity index (χ0) is 12.4. The predicted octanol–water partition coefficient (Wildman–Crippen LogP) is 4.49. The van der Waals surface area contributed by atoms with Crippen molar-refractivity contribution in [2.24, 2.45) is 22.7 Å². The van der Waals surface area contributed by atoms with Crippen molar-refractivity contribution in [2.45, 2.75) is 54.9 Å². The van der Waals surface area contributed by atoms with Crippen LogP contribution in [-0.4, -0.2) is 5.24 Å². The maximum atomic E-state index is 11.7. The Kier molecular flexibility index (Phi) is 4.85. The molecule has 0 amide bonds. The van der Waals surface area contributed by atoms with Gasteiger partial charge in [-0.05, 0) is 35.3 Å². The maximum absolute atomic E-state index is 11.7. The lowest BCUT2D eigenvalue weighted by Gasteiger charge is -2.39. The largest absolute Gasteiger partial charge is 0.281 e. The monoisotopic (exact) mass is 232 g/mol. The van der Waals surface area contributed by atoms with Gasteiger partial charge in [-0.1, -0.05) is 48.5 Å². The van der Waals surface area contributed by atoms with E-state index in [1.807, 2.05) is 6.92 Å². The van der Waals surface area contributed by atoms with E-state index in [1.54, 1.807) is 0 Å². The van der Waals surface area contributed by atoms with E-state index in [0.29, 0.717) is 11.8 Å². The van der Waals surface area contributed by atoms with Gasteiger partial charge in [0.1, 0.15) is 0 Å². The molecular weight excluding hydrogens is 208 g/mol. The third-order valence-corrected chi connectivity index (χ3v) is 3.78. The van der Waals surface area contributed by atoms with Crippen LogP contribution in [0.4, 0.5) is 0 Å². The molecule has 2 unspecified atom stereocenters. The molecular formula is C13H25ClO. The standard InChI is InChI=1S/C13H25ClO/c1-9(2)10(3)13(7,11(14)15)8-12(4,5)6/h9-10H,8H2,1-7H3. The van der Waals surface area contributed by atoms with Crippen LogP contribution in [0.5, 0.6) is 0 Å². The van der Waals surface area contributed by atoms with E-state index in [1.165, 1.54) is 0 Å². The van der Waals surface area contributed by atoms with Gasteiger partial charge in [0.2, 0.25) is 5.24 Å². The minimum absolute atomic E-state index is 0.127. The van der Waals surface area contributed by atoms with E-state index >= 15 is 0 Å². The molecule has 0 aromatic heterocycles. The van der Waals surface area contributed by atoms with Gasteiger partial charge in [0.05, 0.1) is 0 Å². The molecule has 0 aliphatic heterocycles. The second kappa shape index (κ2) is 4.86. The first kappa shape index (κ1) is 15.0. The third kappa shape index (κ3) is 4.14. The van der Waals surface area contributed by atoms with Crippen LogP contribution in [0.15, 0.2) is 0 Å². The van der Waals surface area contributed by atoms with Gasteiger partial charge in [0.15, 0.2) is 0 Å². The summed E-state index contributed by atoms with van der Waals surface area (Å²) in [6.45, 7) is 14.9. The van der Waals surface area contributed by atoms with E-state index in [2.05, 4.69) is 41.5 Å². The summed E-state index contributed by atoms with van der Waals surface area (Å²) in [5, 5.41) is -0.196. The zero-order valence-electron chi connectivity index (χ0n) is 11.1. The van der Waals surface area contributed by atoms with Crippen molar-refractivity contribution in [1.29, 1.82) is 0 Å². The Balaban J connectivity index is 4.99. The Morgan fingerprint density at radius 2 is 1.53 bits per heavy atom. The summed E-state index contributed by atoms with van der Waals surface area (Å²) >= 11 is 5.79. The highest BCUT2D eigenvalue weighted by atomic mass is 35.5. The molecule has 0 bridgehead atoms. The highest BCUT2D eigenvalue weighted by Crippen LogP contribution is 2.43. The summed E-state index contributed by atoms with van der Waals surface area (Å²) in [6.07, 6.45) is 0.835. The number of halogens is 1. The van der Waals surface area contributed by atoms with Gasteiger partial charge in [0.25, 0.3) is 0 Å². The molecule has 0 aromatic carbocycles. The number of hydrogen-bond acceptors (Lipinski definition) is 1. The molecule has 0 saturated carbocycles. The Hall–Kier alpha value is -0.0400. The van der Waals surface area contributed by atoms with Gasteiger partial charge in [-0.25, -0.2) is 0 Å². The molecule has 90 valence electrons. The van der Waals surface area contributed by atoms with Crippen LogP contribution in [0.3, 0.4) is 0 Å². The van der Waals surface area contributed by atoms with E-state index in [0.717, 1.165) is 6.42 Å². The average molecular weight is 233 g/mol. The van der Waals surface area contributed by atoms with E-state index in [4.69, 9.17) is 11.6 Å². The minimum Gasteiger partial charge on any atom is -0.281 e. The van der Waals surface area contributed by atoms with E-state index < -0.39 is 5.41 Å². The minimum atomic E-state index is -0.409. The first-order valence-corrected chi connectivity index (χ1v) is 6.08. The summed E-state index contributed by atoms with van der Waals surface area (Å²) in [5.41, 5.74) is -0.281. The molecule has 0 heterocycles. The van der Waals surface area contributed by atoms with E-state index in [-0.39, 0.29) is 10.7 Å². The second-order valence-electron chi connectivity index (χ2n) is 6.46. The average Bonchev–Trinajstić information content (AvgIpc) is 1.99. The highest BCUT2D eigenvalue weighted by molar-refractivity contribution is 6.64. The number of carbonyl (C=O) groups excluding carboxylic acids is 1. The second-order valence-corrected chi connectivity index (χ2v) is 6.80. The van der Waals surface area contributed by atoms with Gasteiger partial charge in [-0.2, -0.15) is 0 Å². The van der Waals surface area contributed by atoms with E-state index in [9.17, 15) is 4.79 Å². The lowest BCUT2D eigenvalue weighted by molar-refractivity contribution is -0.125. The summed E-state index contributed by atoms with van der Waals surface area (Å²) in [7, 11) is 0. The molecule has 2 atom stereocenters. The molecule has 0 rings (SSSR count). The Labute approximate surface area is 99.6 Å². The zero-order valence-corrected chi connectivity index (χ0v) is 11.9. The number of carbonyl (C=O) groups is 1. The summed E-state index contributed by atoms with van der Waals surface area (Å²) in [4.78, 5) is 11.7. The fraction of sp³-hybridized carbons (Fsp3) is 0.923. The molecule has 0 saturated heterocycles. The lowest BCUT2D eigenvalue weighted by atomic mass is 9.66. The maximum Gasteiger partial charge on any atom is 0.227 e. The van der Waals surface area contributed by atoms with Crippen LogP contribution in [0.1, 0.15) is 54.9 Å². The topological polar surface area (TPSA) is 17.1 Å². The predicted molar refractivity (Wildman–Crippen MR) is 67.0 cm³/mol. The van der Waals surface area contributed by atoms with Gasteiger partial charge in [-0.3, -0.25) is 4.79 Å².